The molecule has 2 aromatic rings. The van der Waals surface area contributed by atoms with Crippen molar-refractivity contribution < 1.29 is 4.79 Å². The Morgan fingerprint density at radius 3 is 2.03 bits per heavy atom. The highest BCUT2D eigenvalue weighted by Crippen LogP contribution is 2.26. The number of hydrogen-bond acceptors (Lipinski definition) is 2. The Labute approximate surface area is 221 Å². The first-order chi connectivity index (χ1) is 17.7. The van der Waals surface area contributed by atoms with Crippen LogP contribution < -0.4 is 5.32 Å². The highest BCUT2D eigenvalue weighted by Gasteiger charge is 2.24. The van der Waals surface area contributed by atoms with E-state index in [1.807, 2.05) is 0 Å². The molecule has 1 unspecified atom stereocenters. The molecule has 4 heteroatoms. The molecule has 1 N–H and O–H groups in total. The van der Waals surface area contributed by atoms with Gasteiger partial charge >= 0.3 is 0 Å². The lowest BCUT2D eigenvalue weighted by Gasteiger charge is -2.23. The Hall–Kier alpha value is -1.84. The molecule has 3 rings (SSSR count). The van der Waals surface area contributed by atoms with E-state index in [1.165, 1.54) is 115 Å². The van der Waals surface area contributed by atoms with Gasteiger partial charge in [-0.25, -0.2) is 4.98 Å². The largest absolute Gasteiger partial charge is 0.346 e. The molecule has 1 amide bonds. The third kappa shape index (κ3) is 9.56. The zero-order chi connectivity index (χ0) is 25.4. The molecule has 1 atom stereocenters. The highest BCUT2D eigenvalue weighted by atomic mass is 16.1. The summed E-state index contributed by atoms with van der Waals surface area (Å²) in [4.78, 5) is 17.8. The topological polar surface area (TPSA) is 46.9 Å². The maximum absolute atomic E-state index is 12.9. The number of fused-ring (bicyclic) bond motifs is 1. The van der Waals surface area contributed by atoms with Gasteiger partial charge in [0.25, 0.3) is 0 Å². The molecule has 0 bridgehead atoms. The Morgan fingerprint density at radius 1 is 0.861 bits per heavy atom. The number of nitrogens with zero attached hydrogens (tertiary/aromatic N) is 2. The summed E-state index contributed by atoms with van der Waals surface area (Å²) >= 11 is 0. The zero-order valence-corrected chi connectivity index (χ0v) is 23.4. The van der Waals surface area contributed by atoms with Crippen molar-refractivity contribution in [1.82, 2.24) is 14.9 Å². The Kier molecular flexibility index (Phi) is 13.4. The molecule has 202 valence electrons. The predicted molar refractivity (Wildman–Crippen MR) is 153 cm³/mol. The van der Waals surface area contributed by atoms with E-state index in [1.54, 1.807) is 0 Å². The van der Waals surface area contributed by atoms with E-state index < -0.39 is 0 Å². The molecule has 0 radical (unpaired) electrons. The van der Waals surface area contributed by atoms with Gasteiger partial charge in [0.2, 0.25) is 5.91 Å². The van der Waals surface area contributed by atoms with Gasteiger partial charge in [-0.05, 0) is 38.3 Å². The first-order valence-corrected chi connectivity index (χ1v) is 15.5. The molecule has 1 heterocycles. The number of benzene rings is 1. The second kappa shape index (κ2) is 16.8. The molecule has 1 saturated carbocycles. The maximum Gasteiger partial charge on any atom is 0.223 e. The van der Waals surface area contributed by atoms with Crippen LogP contribution in [-0.4, -0.2) is 15.5 Å². The van der Waals surface area contributed by atoms with Gasteiger partial charge in [-0.3, -0.25) is 4.79 Å². The highest BCUT2D eigenvalue weighted by molar-refractivity contribution is 5.80. The zero-order valence-electron chi connectivity index (χ0n) is 23.4. The van der Waals surface area contributed by atoms with Crippen molar-refractivity contribution in [2.75, 3.05) is 0 Å². The molecule has 1 aliphatic rings. The standard InChI is InChI=1S/C32H53N3O/c1-3-4-5-6-7-8-9-10-11-12-13-14-15-21-26-35-30-25-20-19-24-29(30)34-31(35)27(2)33-32(36)28-22-17-16-18-23-28/h19-20,24-25,27-28H,3-18,21-23,26H2,1-2H3,(H,33,36). The van der Waals surface area contributed by atoms with Crippen LogP contribution in [0.1, 0.15) is 148 Å². The SMILES string of the molecule is CCCCCCCCCCCCCCCCn1c(C(C)NC(=O)C2CCCCC2)nc2ccccc21. The minimum atomic E-state index is -0.0570. The Bertz CT molecular complexity index is 867. The van der Waals surface area contributed by atoms with Crippen LogP contribution in [0.2, 0.25) is 0 Å². The second-order valence-corrected chi connectivity index (χ2v) is 11.3. The first-order valence-electron chi connectivity index (χ1n) is 15.5. The van der Waals surface area contributed by atoms with Crippen molar-refractivity contribution in [1.29, 1.82) is 0 Å². The fourth-order valence-electron chi connectivity index (χ4n) is 5.88. The van der Waals surface area contributed by atoms with E-state index in [0.717, 1.165) is 30.7 Å². The third-order valence-electron chi connectivity index (χ3n) is 8.14. The van der Waals surface area contributed by atoms with Gasteiger partial charge in [0.1, 0.15) is 5.82 Å². The number of aromatic nitrogens is 2. The van der Waals surface area contributed by atoms with Gasteiger partial charge in [-0.1, -0.05) is 122 Å². The Balaban J connectivity index is 1.36. The fraction of sp³-hybridized carbons (Fsp3) is 0.750. The number of para-hydroxylation sites is 2. The number of aryl methyl sites for hydroxylation is 1. The van der Waals surface area contributed by atoms with Crippen molar-refractivity contribution in [2.24, 2.45) is 5.92 Å². The predicted octanol–water partition coefficient (Wildman–Crippen LogP) is 9.28. The number of amides is 1. The van der Waals surface area contributed by atoms with Gasteiger partial charge in [0.15, 0.2) is 0 Å². The average Bonchev–Trinajstić information content (AvgIpc) is 3.28. The minimum absolute atomic E-state index is 0.0570. The lowest BCUT2D eigenvalue weighted by atomic mass is 9.88. The molecule has 0 saturated heterocycles. The number of carbonyl (C=O) groups is 1. The van der Waals surface area contributed by atoms with Crippen LogP contribution in [0, 0.1) is 5.92 Å². The van der Waals surface area contributed by atoms with Crippen LogP contribution in [0.25, 0.3) is 11.0 Å². The van der Waals surface area contributed by atoms with Crippen LogP contribution in [0.15, 0.2) is 24.3 Å². The van der Waals surface area contributed by atoms with E-state index in [4.69, 9.17) is 4.98 Å². The lowest BCUT2D eigenvalue weighted by molar-refractivity contribution is -0.126. The van der Waals surface area contributed by atoms with Crippen molar-refractivity contribution in [2.45, 2.75) is 148 Å². The summed E-state index contributed by atoms with van der Waals surface area (Å²) < 4.78 is 2.36. The molecular weight excluding hydrogens is 442 g/mol. The van der Waals surface area contributed by atoms with Gasteiger partial charge in [0.05, 0.1) is 17.1 Å². The average molecular weight is 496 g/mol. The summed E-state index contributed by atoms with van der Waals surface area (Å²) in [7, 11) is 0. The number of carbonyl (C=O) groups excluding carboxylic acids is 1. The summed E-state index contributed by atoms with van der Waals surface area (Å²) in [6.45, 7) is 5.37. The summed E-state index contributed by atoms with van der Waals surface area (Å²) in [5.41, 5.74) is 2.23. The summed E-state index contributed by atoms with van der Waals surface area (Å²) in [6, 6.07) is 8.36. The number of imidazole rings is 1. The molecule has 1 fully saturated rings. The van der Waals surface area contributed by atoms with E-state index in [-0.39, 0.29) is 17.9 Å². The molecule has 1 aliphatic carbocycles. The van der Waals surface area contributed by atoms with Crippen LogP contribution >= 0.6 is 0 Å². The van der Waals surface area contributed by atoms with E-state index in [9.17, 15) is 4.79 Å². The van der Waals surface area contributed by atoms with E-state index in [0.29, 0.717) is 0 Å². The van der Waals surface area contributed by atoms with Crippen molar-refractivity contribution >= 4 is 16.9 Å². The van der Waals surface area contributed by atoms with Gasteiger partial charge in [-0.2, -0.15) is 0 Å². The van der Waals surface area contributed by atoms with Gasteiger partial charge < -0.3 is 9.88 Å². The molecule has 4 nitrogen and oxygen atoms in total. The summed E-state index contributed by atoms with van der Waals surface area (Å²) in [5, 5.41) is 3.30. The monoisotopic (exact) mass is 495 g/mol. The fourth-order valence-corrected chi connectivity index (χ4v) is 5.88. The minimum Gasteiger partial charge on any atom is -0.346 e. The van der Waals surface area contributed by atoms with Crippen LogP contribution in [0.5, 0.6) is 0 Å². The smallest absolute Gasteiger partial charge is 0.223 e. The van der Waals surface area contributed by atoms with Crippen LogP contribution in [-0.2, 0) is 11.3 Å². The number of unbranched alkanes of at least 4 members (excludes halogenated alkanes) is 13. The number of nitrogens with one attached hydrogen (secondary N) is 1. The van der Waals surface area contributed by atoms with Gasteiger partial charge in [-0.15, -0.1) is 0 Å². The van der Waals surface area contributed by atoms with Crippen molar-refractivity contribution in [3.63, 3.8) is 0 Å². The molecule has 36 heavy (non-hydrogen) atoms. The summed E-state index contributed by atoms with van der Waals surface area (Å²) in [6.07, 6.45) is 25.0. The Morgan fingerprint density at radius 2 is 1.42 bits per heavy atom. The number of rotatable bonds is 18. The van der Waals surface area contributed by atoms with Crippen LogP contribution in [0.4, 0.5) is 0 Å². The first kappa shape index (κ1) is 28.7. The molecule has 1 aromatic carbocycles. The molecule has 0 spiro atoms. The maximum atomic E-state index is 12.9. The lowest BCUT2D eigenvalue weighted by Crippen LogP contribution is -2.35. The number of hydrogen-bond donors (Lipinski definition) is 1. The van der Waals surface area contributed by atoms with Crippen LogP contribution in [0.3, 0.4) is 0 Å². The second-order valence-electron chi connectivity index (χ2n) is 11.3. The quantitative estimate of drug-likeness (QED) is 0.209. The molecule has 0 aliphatic heterocycles. The third-order valence-corrected chi connectivity index (χ3v) is 8.14. The van der Waals surface area contributed by atoms with Crippen molar-refractivity contribution in [3.05, 3.63) is 30.1 Å². The molecule has 1 aromatic heterocycles. The van der Waals surface area contributed by atoms with E-state index >= 15 is 0 Å². The normalized spacial score (nSPS) is 15.4. The van der Waals surface area contributed by atoms with Crippen molar-refractivity contribution in [3.8, 4) is 0 Å². The summed E-state index contributed by atoms with van der Waals surface area (Å²) in [5.74, 6) is 1.41. The van der Waals surface area contributed by atoms with E-state index in [2.05, 4.69) is 48.0 Å². The van der Waals surface area contributed by atoms with Gasteiger partial charge in [0, 0.05) is 12.5 Å². The molecular formula is C32H53N3O.